The van der Waals surface area contributed by atoms with E-state index in [1.54, 1.807) is 0 Å². The summed E-state index contributed by atoms with van der Waals surface area (Å²) in [6.07, 6.45) is 5.22. The van der Waals surface area contributed by atoms with Crippen molar-refractivity contribution < 1.29 is 9.59 Å². The number of benzene rings is 1. The van der Waals surface area contributed by atoms with Gasteiger partial charge in [0.1, 0.15) is 6.04 Å². The van der Waals surface area contributed by atoms with Crippen molar-refractivity contribution in [1.82, 2.24) is 21.1 Å². The number of anilines is 1. The van der Waals surface area contributed by atoms with Crippen LogP contribution in [0.15, 0.2) is 30.3 Å². The molecule has 7 heteroatoms. The van der Waals surface area contributed by atoms with E-state index in [0.717, 1.165) is 44.0 Å². The molecule has 146 valence electrons. The second-order valence-corrected chi connectivity index (χ2v) is 7.99. The fraction of sp³-hybridized carbons (Fsp3) is 0.600. The molecule has 0 radical (unpaired) electrons. The Balaban J connectivity index is 1.15. The van der Waals surface area contributed by atoms with Crippen molar-refractivity contribution in [3.05, 3.63) is 30.3 Å². The van der Waals surface area contributed by atoms with E-state index in [9.17, 15) is 9.59 Å². The number of carbonyl (C=O) groups excluding carboxylic acids is 2. The van der Waals surface area contributed by atoms with Crippen molar-refractivity contribution in [2.75, 3.05) is 25.0 Å². The van der Waals surface area contributed by atoms with Gasteiger partial charge in [-0.1, -0.05) is 18.2 Å². The van der Waals surface area contributed by atoms with Crippen LogP contribution in [-0.2, 0) is 9.59 Å². The summed E-state index contributed by atoms with van der Waals surface area (Å²) in [6, 6.07) is 10.1. The number of carbonyl (C=O) groups is 2. The molecule has 1 saturated carbocycles. The van der Waals surface area contributed by atoms with Gasteiger partial charge in [0.2, 0.25) is 11.8 Å². The van der Waals surface area contributed by atoms with E-state index in [1.165, 1.54) is 12.8 Å². The van der Waals surface area contributed by atoms with Crippen molar-refractivity contribution in [2.24, 2.45) is 5.92 Å². The SMILES string of the molecule is O=C(CN1CCC(NC(=O)C2CC(C3CC3)NN2)CC1)Nc1ccccc1. The summed E-state index contributed by atoms with van der Waals surface area (Å²) in [5.74, 6) is 0.863. The predicted octanol–water partition coefficient (Wildman–Crippen LogP) is 0.851. The number of hydrogen-bond acceptors (Lipinski definition) is 5. The van der Waals surface area contributed by atoms with Crippen LogP contribution in [0.4, 0.5) is 5.69 Å². The van der Waals surface area contributed by atoms with Gasteiger partial charge in [0.25, 0.3) is 0 Å². The van der Waals surface area contributed by atoms with E-state index in [-0.39, 0.29) is 23.9 Å². The number of nitrogens with zero attached hydrogens (tertiary/aromatic N) is 1. The third kappa shape index (κ3) is 5.06. The smallest absolute Gasteiger partial charge is 0.238 e. The number of rotatable bonds is 6. The van der Waals surface area contributed by atoms with Gasteiger partial charge in [0.15, 0.2) is 0 Å². The van der Waals surface area contributed by atoms with Crippen LogP contribution in [0, 0.1) is 5.92 Å². The lowest BCUT2D eigenvalue weighted by molar-refractivity contribution is -0.124. The van der Waals surface area contributed by atoms with Gasteiger partial charge in [-0.3, -0.25) is 19.9 Å². The molecular formula is C20H29N5O2. The fourth-order valence-corrected chi connectivity index (χ4v) is 4.02. The molecule has 0 aromatic heterocycles. The molecule has 2 aliphatic heterocycles. The van der Waals surface area contributed by atoms with Crippen LogP contribution in [0.25, 0.3) is 0 Å². The highest BCUT2D eigenvalue weighted by atomic mass is 16.2. The Morgan fingerprint density at radius 2 is 1.78 bits per heavy atom. The number of hydrazine groups is 1. The molecule has 3 aliphatic rings. The molecule has 2 heterocycles. The summed E-state index contributed by atoms with van der Waals surface area (Å²) >= 11 is 0. The van der Waals surface area contributed by atoms with Crippen LogP contribution >= 0.6 is 0 Å². The lowest BCUT2D eigenvalue weighted by atomic mass is 10.0. The number of piperidine rings is 1. The summed E-state index contributed by atoms with van der Waals surface area (Å²) in [5.41, 5.74) is 7.25. The zero-order chi connectivity index (χ0) is 18.6. The van der Waals surface area contributed by atoms with Crippen molar-refractivity contribution in [2.45, 2.75) is 50.2 Å². The second-order valence-electron chi connectivity index (χ2n) is 7.99. The van der Waals surface area contributed by atoms with Crippen LogP contribution in [0.5, 0.6) is 0 Å². The number of likely N-dealkylation sites (tertiary alicyclic amines) is 1. The third-order valence-electron chi connectivity index (χ3n) is 5.80. The molecular weight excluding hydrogens is 342 g/mol. The van der Waals surface area contributed by atoms with E-state index >= 15 is 0 Å². The average molecular weight is 371 g/mol. The minimum atomic E-state index is -0.120. The van der Waals surface area contributed by atoms with Gasteiger partial charge in [-0.2, -0.15) is 0 Å². The van der Waals surface area contributed by atoms with Crippen LogP contribution in [0.3, 0.4) is 0 Å². The summed E-state index contributed by atoms with van der Waals surface area (Å²) in [5, 5.41) is 6.11. The van der Waals surface area contributed by atoms with Crippen molar-refractivity contribution in [3.63, 3.8) is 0 Å². The van der Waals surface area contributed by atoms with Gasteiger partial charge in [0, 0.05) is 30.9 Å². The van der Waals surface area contributed by atoms with Crippen molar-refractivity contribution in [1.29, 1.82) is 0 Å². The van der Waals surface area contributed by atoms with Crippen molar-refractivity contribution in [3.8, 4) is 0 Å². The largest absolute Gasteiger partial charge is 0.352 e. The Morgan fingerprint density at radius 1 is 1.04 bits per heavy atom. The maximum atomic E-state index is 12.5. The van der Waals surface area contributed by atoms with Crippen LogP contribution in [0.1, 0.15) is 32.1 Å². The van der Waals surface area contributed by atoms with Gasteiger partial charge in [0.05, 0.1) is 6.54 Å². The van der Waals surface area contributed by atoms with Gasteiger partial charge in [-0.25, -0.2) is 5.43 Å². The monoisotopic (exact) mass is 371 g/mol. The third-order valence-corrected chi connectivity index (χ3v) is 5.80. The lowest BCUT2D eigenvalue weighted by Gasteiger charge is -2.32. The minimum Gasteiger partial charge on any atom is -0.352 e. The van der Waals surface area contributed by atoms with Crippen LogP contribution < -0.4 is 21.5 Å². The molecule has 27 heavy (non-hydrogen) atoms. The highest BCUT2D eigenvalue weighted by molar-refractivity contribution is 5.92. The first-order valence-corrected chi connectivity index (χ1v) is 10.1. The second kappa shape index (κ2) is 8.37. The molecule has 2 amide bonds. The number of amides is 2. The Morgan fingerprint density at radius 3 is 2.48 bits per heavy atom. The number of hydrogen-bond donors (Lipinski definition) is 4. The molecule has 0 bridgehead atoms. The van der Waals surface area contributed by atoms with Gasteiger partial charge in [-0.15, -0.1) is 0 Å². The maximum Gasteiger partial charge on any atom is 0.238 e. The van der Waals surface area contributed by atoms with E-state index in [2.05, 4.69) is 26.4 Å². The molecule has 4 N–H and O–H groups in total. The van der Waals surface area contributed by atoms with Gasteiger partial charge in [-0.05, 0) is 50.2 Å². The summed E-state index contributed by atoms with van der Waals surface area (Å²) in [7, 11) is 0. The van der Waals surface area contributed by atoms with E-state index < -0.39 is 0 Å². The molecule has 7 nitrogen and oxygen atoms in total. The van der Waals surface area contributed by atoms with E-state index in [4.69, 9.17) is 0 Å². The molecule has 1 aromatic rings. The predicted molar refractivity (Wildman–Crippen MR) is 104 cm³/mol. The maximum absolute atomic E-state index is 12.5. The Kier molecular flexibility index (Phi) is 5.71. The minimum absolute atomic E-state index is 0.0102. The van der Waals surface area contributed by atoms with Gasteiger partial charge >= 0.3 is 0 Å². The molecule has 2 unspecified atom stereocenters. The quantitative estimate of drug-likeness (QED) is 0.596. The normalized spacial score (nSPS) is 26.7. The summed E-state index contributed by atoms with van der Waals surface area (Å²) in [6.45, 7) is 2.05. The summed E-state index contributed by atoms with van der Waals surface area (Å²) < 4.78 is 0. The molecule has 2 atom stereocenters. The fourth-order valence-electron chi connectivity index (χ4n) is 4.02. The first kappa shape index (κ1) is 18.4. The van der Waals surface area contributed by atoms with E-state index in [1.807, 2.05) is 30.3 Å². The first-order valence-electron chi connectivity index (χ1n) is 10.1. The highest BCUT2D eigenvalue weighted by Crippen LogP contribution is 2.35. The van der Waals surface area contributed by atoms with E-state index in [0.29, 0.717) is 12.6 Å². The number of nitrogens with one attached hydrogen (secondary N) is 4. The van der Waals surface area contributed by atoms with Crippen LogP contribution in [0.2, 0.25) is 0 Å². The molecule has 3 fully saturated rings. The Hall–Kier alpha value is -1.96. The zero-order valence-electron chi connectivity index (χ0n) is 15.6. The Bertz CT molecular complexity index is 656. The summed E-state index contributed by atoms with van der Waals surface area (Å²) in [4.78, 5) is 26.8. The van der Waals surface area contributed by atoms with Crippen molar-refractivity contribution >= 4 is 17.5 Å². The topological polar surface area (TPSA) is 85.5 Å². The molecule has 4 rings (SSSR count). The molecule has 0 spiro atoms. The van der Waals surface area contributed by atoms with Gasteiger partial charge < -0.3 is 10.6 Å². The molecule has 1 aliphatic carbocycles. The average Bonchev–Trinajstić information content (AvgIpc) is 3.40. The number of para-hydroxylation sites is 1. The standard InChI is InChI=1S/C20H29N5O2/c26-19(21-15-4-2-1-3-5-15)13-25-10-8-16(9-11-25)22-20(27)18-12-17(23-24-18)14-6-7-14/h1-5,14,16-18,23-24H,6-13H2,(H,21,26)(H,22,27). The molecule has 2 saturated heterocycles. The highest BCUT2D eigenvalue weighted by Gasteiger charge is 2.39. The molecule has 1 aromatic carbocycles. The lowest BCUT2D eigenvalue weighted by Crippen LogP contribution is -2.51. The zero-order valence-corrected chi connectivity index (χ0v) is 15.6. The first-order chi connectivity index (χ1) is 13.2. The Labute approximate surface area is 160 Å². The van der Waals surface area contributed by atoms with Crippen LogP contribution in [-0.4, -0.2) is 54.5 Å².